The minimum Gasteiger partial charge on any atom is -0.374 e. The van der Waals surface area contributed by atoms with Crippen LogP contribution in [0, 0.1) is 11.6 Å². The van der Waals surface area contributed by atoms with Crippen molar-refractivity contribution in [1.29, 1.82) is 0 Å². The molecule has 0 fully saturated rings. The molecule has 1 heterocycles. The van der Waals surface area contributed by atoms with E-state index in [1.807, 2.05) is 4.72 Å². The Kier molecular flexibility index (Phi) is 3.13. The lowest BCUT2D eigenvalue weighted by molar-refractivity contribution is 0.584. The van der Waals surface area contributed by atoms with Gasteiger partial charge < -0.3 is 5.73 Å². The lowest BCUT2D eigenvalue weighted by atomic mass is 10.3. The van der Waals surface area contributed by atoms with Crippen LogP contribution in [0.4, 0.5) is 19.6 Å². The summed E-state index contributed by atoms with van der Waals surface area (Å²) in [4.78, 5) is 0. The number of sulfonamides is 1. The van der Waals surface area contributed by atoms with E-state index in [1.54, 1.807) is 0 Å². The Morgan fingerprint density at radius 1 is 1.17 bits per heavy atom. The summed E-state index contributed by atoms with van der Waals surface area (Å²) in [6.07, 6.45) is 0. The number of nitrogens with zero attached hydrogens (tertiary/aromatic N) is 2. The Morgan fingerprint density at radius 3 is 2.28 bits per heavy atom. The number of hydrogen-bond donors (Lipinski definition) is 2. The van der Waals surface area contributed by atoms with Gasteiger partial charge >= 0.3 is 0 Å². The monoisotopic (exact) mass is 292 g/mol. The zero-order valence-corrected chi connectivity index (χ0v) is 10.2. The van der Waals surface area contributed by atoms with Gasteiger partial charge in [0.2, 0.25) is 5.13 Å². The third-order valence-corrected chi connectivity index (χ3v) is 4.27. The van der Waals surface area contributed by atoms with E-state index in [9.17, 15) is 17.2 Å². The number of benzene rings is 1. The second kappa shape index (κ2) is 4.46. The van der Waals surface area contributed by atoms with Gasteiger partial charge in [0.15, 0.2) is 0 Å². The van der Waals surface area contributed by atoms with Gasteiger partial charge in [-0.2, -0.15) is 8.42 Å². The molecule has 10 heteroatoms. The first-order valence-corrected chi connectivity index (χ1v) is 6.75. The van der Waals surface area contributed by atoms with Crippen molar-refractivity contribution in [2.45, 2.75) is 4.34 Å². The molecule has 0 spiro atoms. The molecule has 2 rings (SSSR count). The summed E-state index contributed by atoms with van der Waals surface area (Å²) in [6.45, 7) is 0. The number of nitrogen functional groups attached to an aromatic ring is 1. The molecule has 0 aliphatic rings. The maximum absolute atomic E-state index is 12.9. The molecule has 0 radical (unpaired) electrons. The molecule has 3 N–H and O–H groups in total. The number of rotatable bonds is 3. The highest BCUT2D eigenvalue weighted by molar-refractivity contribution is 7.94. The molecule has 0 aliphatic heterocycles. The van der Waals surface area contributed by atoms with Crippen molar-refractivity contribution in [1.82, 2.24) is 10.2 Å². The predicted molar refractivity (Wildman–Crippen MR) is 61.5 cm³/mol. The molecule has 1 aromatic heterocycles. The van der Waals surface area contributed by atoms with Crippen molar-refractivity contribution in [2.24, 2.45) is 0 Å². The first-order chi connectivity index (χ1) is 8.37. The van der Waals surface area contributed by atoms with Gasteiger partial charge in [0.1, 0.15) is 11.6 Å². The largest absolute Gasteiger partial charge is 0.374 e. The van der Waals surface area contributed by atoms with E-state index in [4.69, 9.17) is 5.73 Å². The summed E-state index contributed by atoms with van der Waals surface area (Å²) in [5.74, 6) is -1.80. The van der Waals surface area contributed by atoms with Crippen LogP contribution in [-0.4, -0.2) is 18.6 Å². The molecule has 0 aliphatic carbocycles. The first kappa shape index (κ1) is 12.6. The van der Waals surface area contributed by atoms with Crippen LogP contribution in [-0.2, 0) is 10.0 Å². The van der Waals surface area contributed by atoms with Gasteiger partial charge in [-0.1, -0.05) is 11.3 Å². The van der Waals surface area contributed by atoms with Crippen molar-refractivity contribution in [3.63, 3.8) is 0 Å². The first-order valence-electron chi connectivity index (χ1n) is 4.45. The van der Waals surface area contributed by atoms with Crippen LogP contribution < -0.4 is 10.5 Å². The highest BCUT2D eigenvalue weighted by Crippen LogP contribution is 2.21. The summed E-state index contributed by atoms with van der Waals surface area (Å²) in [6, 6.07) is 2.30. The van der Waals surface area contributed by atoms with Crippen molar-refractivity contribution in [3.05, 3.63) is 29.8 Å². The van der Waals surface area contributed by atoms with E-state index >= 15 is 0 Å². The Bertz CT molecular complexity index is 666. The van der Waals surface area contributed by atoms with E-state index < -0.39 is 21.7 Å². The standard InChI is InChI=1S/C8H6F2N4O2S2/c9-4-1-5(10)3-6(2-4)14-18(15,16)8-13-12-7(11)17-8/h1-3,14H,(H2,11,12). The van der Waals surface area contributed by atoms with Crippen LogP contribution in [0.5, 0.6) is 0 Å². The lowest BCUT2D eigenvalue weighted by Gasteiger charge is -2.04. The number of nitrogens with two attached hydrogens (primary N) is 1. The molecular weight excluding hydrogens is 286 g/mol. The van der Waals surface area contributed by atoms with E-state index in [2.05, 4.69) is 10.2 Å². The molecule has 0 atom stereocenters. The van der Waals surface area contributed by atoms with Crippen molar-refractivity contribution >= 4 is 32.2 Å². The lowest BCUT2D eigenvalue weighted by Crippen LogP contribution is -2.13. The SMILES string of the molecule is Nc1nnc(S(=O)(=O)Nc2cc(F)cc(F)c2)s1. The van der Waals surface area contributed by atoms with Crippen LogP contribution in [0.15, 0.2) is 22.5 Å². The van der Waals surface area contributed by atoms with Gasteiger partial charge in [-0.3, -0.25) is 4.72 Å². The molecule has 0 amide bonds. The zero-order valence-electron chi connectivity index (χ0n) is 8.59. The second-order valence-corrected chi connectivity index (χ2v) is 6.04. The molecule has 0 saturated carbocycles. The Hall–Kier alpha value is -1.81. The maximum atomic E-state index is 12.9. The Morgan fingerprint density at radius 2 is 1.78 bits per heavy atom. The van der Waals surface area contributed by atoms with Crippen LogP contribution in [0.1, 0.15) is 0 Å². The van der Waals surface area contributed by atoms with Crippen molar-refractivity contribution in [2.75, 3.05) is 10.5 Å². The molecule has 6 nitrogen and oxygen atoms in total. The summed E-state index contributed by atoms with van der Waals surface area (Å²) in [7, 11) is -4.04. The van der Waals surface area contributed by atoms with Crippen LogP contribution in [0.25, 0.3) is 0 Å². The van der Waals surface area contributed by atoms with Gasteiger partial charge in [0.05, 0.1) is 5.69 Å². The fourth-order valence-electron chi connectivity index (χ4n) is 1.14. The molecule has 0 saturated heterocycles. The summed E-state index contributed by atoms with van der Waals surface area (Å²) >= 11 is 0.640. The quantitative estimate of drug-likeness (QED) is 0.885. The summed E-state index contributed by atoms with van der Waals surface area (Å²) in [5.41, 5.74) is 5.00. The smallest absolute Gasteiger partial charge is 0.291 e. The number of aromatic nitrogens is 2. The molecular formula is C8H6F2N4O2S2. The normalized spacial score (nSPS) is 11.4. The van der Waals surface area contributed by atoms with Gasteiger partial charge in [0, 0.05) is 6.07 Å². The number of anilines is 2. The average molecular weight is 292 g/mol. The van der Waals surface area contributed by atoms with Gasteiger partial charge in [-0.15, -0.1) is 10.2 Å². The van der Waals surface area contributed by atoms with E-state index in [-0.39, 0.29) is 15.2 Å². The summed E-state index contributed by atoms with van der Waals surface area (Å²) in [5, 5.41) is 6.65. The zero-order chi connectivity index (χ0) is 13.3. The van der Waals surface area contributed by atoms with Crippen LogP contribution in [0.3, 0.4) is 0 Å². The Balaban J connectivity index is 2.33. The van der Waals surface area contributed by atoms with Gasteiger partial charge in [0.25, 0.3) is 14.4 Å². The molecule has 18 heavy (non-hydrogen) atoms. The van der Waals surface area contributed by atoms with E-state index in [1.165, 1.54) is 0 Å². The second-order valence-electron chi connectivity index (χ2n) is 3.17. The topological polar surface area (TPSA) is 98.0 Å². The fraction of sp³-hybridized carbons (Fsp3) is 0. The van der Waals surface area contributed by atoms with Crippen LogP contribution >= 0.6 is 11.3 Å². The van der Waals surface area contributed by atoms with Gasteiger partial charge in [-0.25, -0.2) is 8.78 Å². The van der Waals surface area contributed by atoms with Crippen LogP contribution in [0.2, 0.25) is 0 Å². The molecule has 96 valence electrons. The Labute approximate surface area is 105 Å². The molecule has 0 bridgehead atoms. The van der Waals surface area contributed by atoms with Gasteiger partial charge in [-0.05, 0) is 12.1 Å². The number of hydrogen-bond acceptors (Lipinski definition) is 6. The third-order valence-electron chi connectivity index (χ3n) is 1.77. The maximum Gasteiger partial charge on any atom is 0.291 e. The van der Waals surface area contributed by atoms with Crippen molar-refractivity contribution < 1.29 is 17.2 Å². The fourth-order valence-corrected chi connectivity index (χ4v) is 2.97. The van der Waals surface area contributed by atoms with Crippen molar-refractivity contribution in [3.8, 4) is 0 Å². The highest BCUT2D eigenvalue weighted by atomic mass is 32.2. The average Bonchev–Trinajstić information content (AvgIpc) is 2.62. The molecule has 2 aromatic rings. The minimum atomic E-state index is -4.04. The number of halogens is 2. The highest BCUT2D eigenvalue weighted by Gasteiger charge is 2.20. The molecule has 0 unspecified atom stereocenters. The predicted octanol–water partition coefficient (Wildman–Crippen LogP) is 1.20. The van der Waals surface area contributed by atoms with E-state index in [0.29, 0.717) is 17.4 Å². The molecule has 1 aromatic carbocycles. The third kappa shape index (κ3) is 2.71. The number of nitrogens with one attached hydrogen (secondary N) is 1. The van der Waals surface area contributed by atoms with E-state index in [0.717, 1.165) is 12.1 Å². The minimum absolute atomic E-state index is 0.0270. The summed E-state index contributed by atoms with van der Waals surface area (Å²) < 4.78 is 50.8.